The minimum atomic E-state index is -0.133. The SMILES string of the molecule is COC[C@]12CCC(C)C[C@H]1CCC1[C@@H]3CC[C@H](C(C)O)[C@@]3(C)CC[C@@H]12. The van der Waals surface area contributed by atoms with E-state index in [1.54, 1.807) is 0 Å². The summed E-state index contributed by atoms with van der Waals surface area (Å²) in [6.45, 7) is 8.02. The van der Waals surface area contributed by atoms with Crippen LogP contribution in [0.3, 0.4) is 0 Å². The van der Waals surface area contributed by atoms with Crippen molar-refractivity contribution in [3.05, 3.63) is 0 Å². The summed E-state index contributed by atoms with van der Waals surface area (Å²) in [4.78, 5) is 0. The highest BCUT2D eigenvalue weighted by atomic mass is 16.5. The average Bonchev–Trinajstić information content (AvgIpc) is 2.93. The Morgan fingerprint density at radius 1 is 1.04 bits per heavy atom. The van der Waals surface area contributed by atoms with Crippen molar-refractivity contribution in [3.63, 3.8) is 0 Å². The third-order valence-electron chi connectivity index (χ3n) is 9.70. The molecule has 25 heavy (non-hydrogen) atoms. The second kappa shape index (κ2) is 6.51. The molecule has 0 heterocycles. The Hall–Kier alpha value is -0.0800. The second-order valence-electron chi connectivity index (χ2n) is 10.7. The van der Waals surface area contributed by atoms with E-state index in [0.717, 1.165) is 36.2 Å². The van der Waals surface area contributed by atoms with Crippen molar-refractivity contribution in [1.82, 2.24) is 0 Å². The Bertz CT molecular complexity index is 488. The predicted molar refractivity (Wildman–Crippen MR) is 102 cm³/mol. The van der Waals surface area contributed by atoms with Crippen molar-refractivity contribution in [2.75, 3.05) is 13.7 Å². The summed E-state index contributed by atoms with van der Waals surface area (Å²) in [5.41, 5.74) is 0.854. The van der Waals surface area contributed by atoms with Gasteiger partial charge in [0.15, 0.2) is 0 Å². The number of hydrogen-bond acceptors (Lipinski definition) is 2. The average molecular weight is 349 g/mol. The second-order valence-corrected chi connectivity index (χ2v) is 10.7. The molecule has 4 fully saturated rings. The molecule has 4 aliphatic carbocycles. The Morgan fingerprint density at radius 3 is 2.56 bits per heavy atom. The van der Waals surface area contributed by atoms with Gasteiger partial charge in [-0.05, 0) is 105 Å². The molecule has 0 bridgehead atoms. The van der Waals surface area contributed by atoms with Crippen LogP contribution in [-0.4, -0.2) is 24.9 Å². The number of hydrogen-bond donors (Lipinski definition) is 1. The maximum Gasteiger partial charge on any atom is 0.0545 e. The molecule has 0 saturated heterocycles. The molecule has 0 spiro atoms. The van der Waals surface area contributed by atoms with E-state index in [4.69, 9.17) is 4.74 Å². The van der Waals surface area contributed by atoms with Gasteiger partial charge in [0, 0.05) is 7.11 Å². The summed E-state index contributed by atoms with van der Waals surface area (Å²) in [7, 11) is 1.93. The molecule has 9 atom stereocenters. The normalized spacial score (nSPS) is 53.6. The van der Waals surface area contributed by atoms with Gasteiger partial charge in [0.05, 0.1) is 12.7 Å². The smallest absolute Gasteiger partial charge is 0.0545 e. The zero-order chi connectivity index (χ0) is 17.8. The fourth-order valence-corrected chi connectivity index (χ4v) is 8.65. The molecule has 0 aliphatic heterocycles. The van der Waals surface area contributed by atoms with E-state index >= 15 is 0 Å². The Morgan fingerprint density at radius 2 is 1.84 bits per heavy atom. The van der Waals surface area contributed by atoms with Gasteiger partial charge in [0.25, 0.3) is 0 Å². The highest BCUT2D eigenvalue weighted by molar-refractivity contribution is 5.10. The Balaban J connectivity index is 1.63. The largest absolute Gasteiger partial charge is 0.393 e. The van der Waals surface area contributed by atoms with Gasteiger partial charge in [-0.3, -0.25) is 0 Å². The number of rotatable bonds is 3. The molecular formula is C23H40O2. The Kier molecular flexibility index (Phi) is 4.77. The summed E-state index contributed by atoms with van der Waals surface area (Å²) in [5, 5.41) is 10.4. The van der Waals surface area contributed by atoms with E-state index in [0.29, 0.717) is 16.7 Å². The molecule has 4 aliphatic rings. The zero-order valence-corrected chi connectivity index (χ0v) is 17.0. The van der Waals surface area contributed by atoms with Gasteiger partial charge in [-0.1, -0.05) is 20.3 Å². The van der Waals surface area contributed by atoms with Gasteiger partial charge < -0.3 is 9.84 Å². The standard InChI is InChI=1S/C23H40O2/c1-15-9-12-23(14-25-4)17(13-15)5-6-18-20-8-7-19(16(2)24)22(20,3)11-10-21(18)23/h15-21,24H,5-14H2,1-4H3/t15?,16?,17-,18?,19-,20+,21+,22-,23-/m1/s1. The summed E-state index contributed by atoms with van der Waals surface area (Å²) in [6.07, 6.45) is 12.3. The molecule has 4 rings (SSSR count). The maximum atomic E-state index is 10.4. The van der Waals surface area contributed by atoms with Crippen LogP contribution in [0.5, 0.6) is 0 Å². The van der Waals surface area contributed by atoms with Crippen molar-refractivity contribution in [2.24, 2.45) is 46.3 Å². The van der Waals surface area contributed by atoms with Crippen LogP contribution in [0.15, 0.2) is 0 Å². The van der Waals surface area contributed by atoms with Crippen LogP contribution in [0.2, 0.25) is 0 Å². The minimum Gasteiger partial charge on any atom is -0.393 e. The monoisotopic (exact) mass is 348 g/mol. The molecule has 2 nitrogen and oxygen atoms in total. The summed E-state index contributed by atoms with van der Waals surface area (Å²) < 4.78 is 5.88. The van der Waals surface area contributed by atoms with Gasteiger partial charge in [-0.15, -0.1) is 0 Å². The quantitative estimate of drug-likeness (QED) is 0.751. The third kappa shape index (κ3) is 2.64. The molecule has 0 aromatic heterocycles. The fourth-order valence-electron chi connectivity index (χ4n) is 8.65. The fraction of sp³-hybridized carbons (Fsp3) is 1.00. The van der Waals surface area contributed by atoms with Crippen LogP contribution in [0.1, 0.15) is 78.6 Å². The van der Waals surface area contributed by atoms with Gasteiger partial charge in [0.1, 0.15) is 0 Å². The number of methoxy groups -OCH3 is 1. The van der Waals surface area contributed by atoms with Gasteiger partial charge in [-0.25, -0.2) is 0 Å². The van der Waals surface area contributed by atoms with E-state index < -0.39 is 0 Å². The molecule has 3 unspecified atom stereocenters. The number of aliphatic hydroxyl groups is 1. The first kappa shape index (κ1) is 18.3. The molecule has 1 N–H and O–H groups in total. The molecule has 0 aromatic rings. The van der Waals surface area contributed by atoms with Gasteiger partial charge in [0.2, 0.25) is 0 Å². The van der Waals surface area contributed by atoms with Gasteiger partial charge >= 0.3 is 0 Å². The van der Waals surface area contributed by atoms with Crippen molar-refractivity contribution in [1.29, 1.82) is 0 Å². The maximum absolute atomic E-state index is 10.4. The van der Waals surface area contributed by atoms with E-state index in [2.05, 4.69) is 13.8 Å². The van der Waals surface area contributed by atoms with Crippen LogP contribution < -0.4 is 0 Å². The van der Waals surface area contributed by atoms with E-state index in [1.807, 2.05) is 14.0 Å². The van der Waals surface area contributed by atoms with Crippen LogP contribution >= 0.6 is 0 Å². The number of aliphatic hydroxyl groups excluding tert-OH is 1. The summed E-state index contributed by atoms with van der Waals surface area (Å²) >= 11 is 0. The van der Waals surface area contributed by atoms with Crippen LogP contribution in [0, 0.1) is 46.3 Å². The molecule has 0 aromatic carbocycles. The minimum absolute atomic E-state index is 0.133. The zero-order valence-electron chi connectivity index (χ0n) is 17.0. The molecule has 144 valence electrons. The first-order chi connectivity index (χ1) is 11.9. The van der Waals surface area contributed by atoms with Crippen LogP contribution in [0.25, 0.3) is 0 Å². The molecule has 0 radical (unpaired) electrons. The topological polar surface area (TPSA) is 29.5 Å². The van der Waals surface area contributed by atoms with Crippen molar-refractivity contribution < 1.29 is 9.84 Å². The van der Waals surface area contributed by atoms with Crippen LogP contribution in [-0.2, 0) is 4.74 Å². The van der Waals surface area contributed by atoms with Crippen molar-refractivity contribution >= 4 is 0 Å². The summed E-state index contributed by atoms with van der Waals surface area (Å²) in [6, 6.07) is 0. The Labute approximate surface area is 155 Å². The van der Waals surface area contributed by atoms with E-state index in [9.17, 15) is 5.11 Å². The van der Waals surface area contributed by atoms with Crippen molar-refractivity contribution in [3.8, 4) is 0 Å². The third-order valence-corrected chi connectivity index (χ3v) is 9.70. The van der Waals surface area contributed by atoms with Gasteiger partial charge in [-0.2, -0.15) is 0 Å². The predicted octanol–water partition coefficient (Wildman–Crippen LogP) is 5.29. The van der Waals surface area contributed by atoms with Crippen molar-refractivity contribution in [2.45, 2.75) is 84.7 Å². The lowest BCUT2D eigenvalue weighted by Crippen LogP contribution is -2.56. The lowest BCUT2D eigenvalue weighted by molar-refractivity contribution is -0.154. The molecular weight excluding hydrogens is 308 g/mol. The lowest BCUT2D eigenvalue weighted by atomic mass is 9.44. The highest BCUT2D eigenvalue weighted by Crippen LogP contribution is 2.68. The van der Waals surface area contributed by atoms with E-state index in [1.165, 1.54) is 57.8 Å². The number of fused-ring (bicyclic) bond motifs is 5. The van der Waals surface area contributed by atoms with E-state index in [-0.39, 0.29) is 6.10 Å². The molecule has 2 heteroatoms. The number of ether oxygens (including phenoxy) is 1. The first-order valence-corrected chi connectivity index (χ1v) is 11.1. The summed E-state index contributed by atoms with van der Waals surface area (Å²) in [5.74, 6) is 4.95. The molecule has 0 amide bonds. The lowest BCUT2D eigenvalue weighted by Gasteiger charge is -2.62. The highest BCUT2D eigenvalue weighted by Gasteiger charge is 2.61. The molecule has 4 saturated carbocycles. The first-order valence-electron chi connectivity index (χ1n) is 11.1. The van der Waals surface area contributed by atoms with Crippen LogP contribution in [0.4, 0.5) is 0 Å².